The SMILES string of the molecule is CN(C)S(=O)(=O)N1CCN(C(=O)c2ccc3c4c(cccc24)CC3)CC1. The largest absolute Gasteiger partial charge is 0.336 e. The van der Waals surface area contributed by atoms with Crippen LogP contribution in [0.1, 0.15) is 21.5 Å². The number of carbonyl (C=O) groups excluding carboxylic acids is 1. The summed E-state index contributed by atoms with van der Waals surface area (Å²) in [4.78, 5) is 14.9. The summed E-state index contributed by atoms with van der Waals surface area (Å²) in [5.41, 5.74) is 3.35. The molecule has 2 aliphatic rings. The number of carbonyl (C=O) groups is 1. The zero-order valence-corrected chi connectivity index (χ0v) is 15.9. The van der Waals surface area contributed by atoms with Crippen molar-refractivity contribution in [1.29, 1.82) is 0 Å². The van der Waals surface area contributed by atoms with E-state index in [-0.39, 0.29) is 5.91 Å². The van der Waals surface area contributed by atoms with Crippen molar-refractivity contribution in [2.24, 2.45) is 0 Å². The smallest absolute Gasteiger partial charge is 0.281 e. The maximum Gasteiger partial charge on any atom is 0.281 e. The fourth-order valence-electron chi connectivity index (χ4n) is 3.96. The second-order valence-electron chi connectivity index (χ2n) is 7.09. The molecule has 0 spiro atoms. The van der Waals surface area contributed by atoms with E-state index < -0.39 is 10.2 Å². The zero-order chi connectivity index (χ0) is 18.5. The van der Waals surface area contributed by atoms with Gasteiger partial charge in [-0.25, -0.2) is 0 Å². The summed E-state index contributed by atoms with van der Waals surface area (Å²) in [6.45, 7) is 1.48. The average molecular weight is 373 g/mol. The molecule has 0 bridgehead atoms. The molecule has 0 aromatic heterocycles. The Kier molecular flexibility index (Phi) is 4.25. The van der Waals surface area contributed by atoms with E-state index in [0.29, 0.717) is 26.2 Å². The quantitative estimate of drug-likeness (QED) is 0.819. The van der Waals surface area contributed by atoms with Gasteiger partial charge in [0.2, 0.25) is 0 Å². The molecule has 4 rings (SSSR count). The number of rotatable bonds is 3. The molecule has 6 nitrogen and oxygen atoms in total. The molecule has 1 aliphatic heterocycles. The van der Waals surface area contributed by atoms with Gasteiger partial charge in [0.15, 0.2) is 0 Å². The summed E-state index contributed by atoms with van der Waals surface area (Å²) in [6, 6.07) is 10.2. The first-order valence-electron chi connectivity index (χ1n) is 8.90. The van der Waals surface area contributed by atoms with Crippen LogP contribution in [0.4, 0.5) is 0 Å². The number of benzene rings is 2. The third-order valence-corrected chi connectivity index (χ3v) is 7.36. The zero-order valence-electron chi connectivity index (χ0n) is 15.1. The first-order chi connectivity index (χ1) is 12.4. The molecular weight excluding hydrogens is 350 g/mol. The first-order valence-corrected chi connectivity index (χ1v) is 10.3. The van der Waals surface area contributed by atoms with E-state index in [9.17, 15) is 13.2 Å². The maximum atomic E-state index is 13.1. The van der Waals surface area contributed by atoms with Crippen LogP contribution in [0.3, 0.4) is 0 Å². The molecule has 7 heteroatoms. The third-order valence-electron chi connectivity index (χ3n) is 5.42. The third kappa shape index (κ3) is 2.71. The van der Waals surface area contributed by atoms with Crippen molar-refractivity contribution < 1.29 is 13.2 Å². The average Bonchev–Trinajstić information content (AvgIpc) is 3.07. The van der Waals surface area contributed by atoms with E-state index in [0.717, 1.165) is 23.8 Å². The standard InChI is InChI=1S/C19H23N3O3S/c1-20(2)26(24,25)22-12-10-21(11-13-22)19(23)17-9-8-15-7-6-14-4-3-5-16(17)18(14)15/h3-5,8-9H,6-7,10-13H2,1-2H3. The number of nitrogens with zero attached hydrogens (tertiary/aromatic N) is 3. The molecule has 0 unspecified atom stereocenters. The summed E-state index contributed by atoms with van der Waals surface area (Å²) in [5, 5.41) is 2.25. The van der Waals surface area contributed by atoms with Gasteiger partial charge in [0.25, 0.3) is 16.1 Å². The van der Waals surface area contributed by atoms with Gasteiger partial charge in [-0.05, 0) is 40.8 Å². The summed E-state index contributed by atoms with van der Waals surface area (Å²) in [6.07, 6.45) is 2.07. The minimum absolute atomic E-state index is 0.0116. The number of hydrogen-bond donors (Lipinski definition) is 0. The highest BCUT2D eigenvalue weighted by Gasteiger charge is 2.31. The lowest BCUT2D eigenvalue weighted by molar-refractivity contribution is 0.0697. The van der Waals surface area contributed by atoms with Gasteiger partial charge in [-0.15, -0.1) is 0 Å². The number of aryl methyl sites for hydroxylation is 2. The molecule has 1 amide bonds. The van der Waals surface area contributed by atoms with Crippen molar-refractivity contribution >= 4 is 26.9 Å². The van der Waals surface area contributed by atoms with Crippen LogP contribution in [0.25, 0.3) is 10.8 Å². The van der Waals surface area contributed by atoms with Crippen LogP contribution in [0.5, 0.6) is 0 Å². The minimum Gasteiger partial charge on any atom is -0.336 e. The van der Waals surface area contributed by atoms with E-state index in [4.69, 9.17) is 0 Å². The first kappa shape index (κ1) is 17.5. The molecule has 1 aliphatic carbocycles. The van der Waals surface area contributed by atoms with Crippen LogP contribution in [0.2, 0.25) is 0 Å². The summed E-state index contributed by atoms with van der Waals surface area (Å²) >= 11 is 0. The van der Waals surface area contributed by atoms with Gasteiger partial charge < -0.3 is 4.90 Å². The Labute approximate surface area is 154 Å². The minimum atomic E-state index is -3.42. The van der Waals surface area contributed by atoms with E-state index in [1.54, 1.807) is 4.90 Å². The van der Waals surface area contributed by atoms with E-state index >= 15 is 0 Å². The van der Waals surface area contributed by atoms with Crippen molar-refractivity contribution in [2.45, 2.75) is 12.8 Å². The maximum absolute atomic E-state index is 13.1. The molecule has 2 aromatic carbocycles. The van der Waals surface area contributed by atoms with Crippen molar-refractivity contribution in [3.05, 3.63) is 47.0 Å². The lowest BCUT2D eigenvalue weighted by atomic mass is 9.99. The van der Waals surface area contributed by atoms with Crippen LogP contribution in [-0.2, 0) is 23.1 Å². The molecule has 0 atom stereocenters. The molecule has 138 valence electrons. The highest BCUT2D eigenvalue weighted by atomic mass is 32.2. The van der Waals surface area contributed by atoms with Crippen LogP contribution < -0.4 is 0 Å². The Morgan fingerprint density at radius 1 is 0.962 bits per heavy atom. The van der Waals surface area contributed by atoms with Crippen molar-refractivity contribution in [1.82, 2.24) is 13.5 Å². The van der Waals surface area contributed by atoms with Crippen LogP contribution in [-0.4, -0.2) is 68.1 Å². The molecule has 1 saturated heterocycles. The highest BCUT2D eigenvalue weighted by molar-refractivity contribution is 7.86. The summed E-state index contributed by atoms with van der Waals surface area (Å²) in [7, 11) is -0.368. The van der Waals surface area contributed by atoms with Crippen LogP contribution >= 0.6 is 0 Å². The van der Waals surface area contributed by atoms with Crippen molar-refractivity contribution in [3.8, 4) is 0 Å². The Morgan fingerprint density at radius 2 is 1.62 bits per heavy atom. The Bertz CT molecular complexity index is 967. The normalized spacial score (nSPS) is 18.0. The van der Waals surface area contributed by atoms with Gasteiger partial charge in [0.05, 0.1) is 0 Å². The molecule has 1 fully saturated rings. The number of hydrogen-bond acceptors (Lipinski definition) is 3. The second kappa shape index (κ2) is 6.33. The van der Waals surface area contributed by atoms with Crippen molar-refractivity contribution in [3.63, 3.8) is 0 Å². The van der Waals surface area contributed by atoms with Crippen LogP contribution in [0, 0.1) is 0 Å². The molecule has 26 heavy (non-hydrogen) atoms. The molecular formula is C19H23N3O3S. The Hall–Kier alpha value is -1.96. The molecule has 1 heterocycles. The highest BCUT2D eigenvalue weighted by Crippen LogP contribution is 2.33. The molecule has 0 N–H and O–H groups in total. The van der Waals surface area contributed by atoms with E-state index in [1.165, 1.54) is 39.2 Å². The monoisotopic (exact) mass is 373 g/mol. The fourth-order valence-corrected chi connectivity index (χ4v) is 5.04. The van der Waals surface area contributed by atoms with Gasteiger partial charge in [0.1, 0.15) is 0 Å². The topological polar surface area (TPSA) is 60.9 Å². The Balaban J connectivity index is 1.58. The van der Waals surface area contributed by atoms with E-state index in [2.05, 4.69) is 12.1 Å². The fraction of sp³-hybridized carbons (Fsp3) is 0.421. The van der Waals surface area contributed by atoms with Gasteiger partial charge in [-0.3, -0.25) is 4.79 Å². The van der Waals surface area contributed by atoms with Gasteiger partial charge in [-0.2, -0.15) is 17.0 Å². The molecule has 2 aromatic rings. The summed E-state index contributed by atoms with van der Waals surface area (Å²) in [5.74, 6) is -0.0116. The number of piperazine rings is 1. The Morgan fingerprint density at radius 3 is 2.27 bits per heavy atom. The van der Waals surface area contributed by atoms with Gasteiger partial charge in [0, 0.05) is 45.8 Å². The van der Waals surface area contributed by atoms with Crippen molar-refractivity contribution in [2.75, 3.05) is 40.3 Å². The lowest BCUT2D eigenvalue weighted by Gasteiger charge is -2.35. The predicted octanol–water partition coefficient (Wildman–Crippen LogP) is 1.50. The van der Waals surface area contributed by atoms with E-state index in [1.807, 2.05) is 18.2 Å². The van der Waals surface area contributed by atoms with Crippen LogP contribution in [0.15, 0.2) is 30.3 Å². The second-order valence-corrected chi connectivity index (χ2v) is 9.24. The number of amides is 1. The molecule has 0 saturated carbocycles. The summed E-state index contributed by atoms with van der Waals surface area (Å²) < 4.78 is 27.1. The molecule has 0 radical (unpaired) electrons. The predicted molar refractivity (Wildman–Crippen MR) is 101 cm³/mol. The van der Waals surface area contributed by atoms with Gasteiger partial charge >= 0.3 is 0 Å². The lowest BCUT2D eigenvalue weighted by Crippen LogP contribution is -2.53. The van der Waals surface area contributed by atoms with Gasteiger partial charge in [-0.1, -0.05) is 24.3 Å².